The van der Waals surface area contributed by atoms with Crippen molar-refractivity contribution in [1.29, 1.82) is 0 Å². The highest BCUT2D eigenvalue weighted by atomic mass is 32.2. The molecule has 0 aromatic carbocycles. The summed E-state index contributed by atoms with van der Waals surface area (Å²) >= 11 is 0. The van der Waals surface area contributed by atoms with Crippen molar-refractivity contribution in [3.63, 3.8) is 0 Å². The van der Waals surface area contributed by atoms with Crippen LogP contribution < -0.4 is 0 Å². The SMILES string of the molecule is CC(C)(C)C1CCS(=O)(=O)C1.COC1CC(C(C)(C)C)C1. The molecular weight excluding hydrogens is 284 g/mol. The average Bonchev–Trinajstić information content (AvgIpc) is 2.55. The molecule has 1 heterocycles. The predicted octanol–water partition coefficient (Wildman–Crippen LogP) is 3.92. The lowest BCUT2D eigenvalue weighted by atomic mass is 9.67. The highest BCUT2D eigenvalue weighted by Crippen LogP contribution is 2.42. The van der Waals surface area contributed by atoms with Gasteiger partial charge in [0.25, 0.3) is 0 Å². The molecule has 1 aliphatic heterocycles. The van der Waals surface area contributed by atoms with Gasteiger partial charge in [0.1, 0.15) is 0 Å². The van der Waals surface area contributed by atoms with Crippen molar-refractivity contribution in [3.8, 4) is 0 Å². The summed E-state index contributed by atoms with van der Waals surface area (Å²) < 4.78 is 27.4. The summed E-state index contributed by atoms with van der Waals surface area (Å²) in [4.78, 5) is 0. The Morgan fingerprint density at radius 1 is 0.905 bits per heavy atom. The Hall–Kier alpha value is -0.0900. The maximum absolute atomic E-state index is 11.1. The number of rotatable bonds is 1. The van der Waals surface area contributed by atoms with Crippen LogP contribution in [0.3, 0.4) is 0 Å². The second-order valence-electron chi connectivity index (χ2n) is 8.86. The Morgan fingerprint density at radius 2 is 1.38 bits per heavy atom. The second kappa shape index (κ2) is 6.57. The summed E-state index contributed by atoms with van der Waals surface area (Å²) in [7, 11) is -0.870. The summed E-state index contributed by atoms with van der Waals surface area (Å²) in [5.74, 6) is 2.05. The van der Waals surface area contributed by atoms with E-state index in [1.807, 2.05) is 7.11 Å². The third kappa shape index (κ3) is 5.90. The van der Waals surface area contributed by atoms with E-state index in [4.69, 9.17) is 4.74 Å². The lowest BCUT2D eigenvalue weighted by Crippen LogP contribution is -2.38. The van der Waals surface area contributed by atoms with Crippen LogP contribution in [0.2, 0.25) is 0 Å². The van der Waals surface area contributed by atoms with Crippen LogP contribution in [0.5, 0.6) is 0 Å². The van der Waals surface area contributed by atoms with Gasteiger partial charge < -0.3 is 4.74 Å². The van der Waals surface area contributed by atoms with E-state index in [1.165, 1.54) is 12.8 Å². The first-order valence-corrected chi connectivity index (χ1v) is 9.90. The standard InChI is InChI=1S/C9H18O.C8H16O2S/c1-9(2,3)7-5-8(6-7)10-4;1-8(2,3)7-4-5-11(9,10)6-7/h7-8H,5-6H2,1-4H3;7H,4-6H2,1-3H3. The Bertz CT molecular complexity index is 420. The molecule has 1 aliphatic carbocycles. The highest BCUT2D eigenvalue weighted by molar-refractivity contribution is 7.91. The summed E-state index contributed by atoms with van der Waals surface area (Å²) in [5, 5.41) is 0. The maximum Gasteiger partial charge on any atom is 0.150 e. The van der Waals surface area contributed by atoms with Crippen molar-refractivity contribution in [2.24, 2.45) is 22.7 Å². The minimum absolute atomic E-state index is 0.156. The predicted molar refractivity (Wildman–Crippen MR) is 89.2 cm³/mol. The van der Waals surface area contributed by atoms with Gasteiger partial charge in [-0.1, -0.05) is 41.5 Å². The second-order valence-corrected chi connectivity index (χ2v) is 11.1. The summed E-state index contributed by atoms with van der Waals surface area (Å²) in [6, 6.07) is 0. The minimum Gasteiger partial charge on any atom is -0.381 e. The van der Waals surface area contributed by atoms with Crippen molar-refractivity contribution in [2.45, 2.75) is 66.9 Å². The fourth-order valence-electron chi connectivity index (χ4n) is 2.94. The van der Waals surface area contributed by atoms with E-state index in [2.05, 4.69) is 41.5 Å². The molecule has 21 heavy (non-hydrogen) atoms. The fraction of sp³-hybridized carbons (Fsp3) is 1.00. The van der Waals surface area contributed by atoms with Gasteiger partial charge in [-0.3, -0.25) is 0 Å². The smallest absolute Gasteiger partial charge is 0.150 e. The molecule has 3 nitrogen and oxygen atoms in total. The van der Waals surface area contributed by atoms with Crippen LogP contribution in [0.4, 0.5) is 0 Å². The largest absolute Gasteiger partial charge is 0.381 e. The first-order valence-electron chi connectivity index (χ1n) is 8.08. The van der Waals surface area contributed by atoms with Crippen LogP contribution in [0.25, 0.3) is 0 Å². The van der Waals surface area contributed by atoms with Gasteiger partial charge in [-0.15, -0.1) is 0 Å². The molecule has 2 aliphatic rings. The molecule has 0 spiro atoms. The van der Waals surface area contributed by atoms with Crippen molar-refractivity contribution >= 4 is 9.84 Å². The molecule has 126 valence electrons. The van der Waals surface area contributed by atoms with E-state index in [0.717, 1.165) is 12.3 Å². The van der Waals surface area contributed by atoms with E-state index in [0.29, 0.717) is 28.9 Å². The minimum atomic E-state index is -2.68. The van der Waals surface area contributed by atoms with Crippen LogP contribution in [0.1, 0.15) is 60.8 Å². The van der Waals surface area contributed by atoms with Gasteiger partial charge in [0.2, 0.25) is 0 Å². The molecule has 0 aromatic rings. The van der Waals surface area contributed by atoms with Gasteiger partial charge in [-0.05, 0) is 41.9 Å². The number of hydrogen-bond acceptors (Lipinski definition) is 3. The van der Waals surface area contributed by atoms with E-state index >= 15 is 0 Å². The van der Waals surface area contributed by atoms with Crippen molar-refractivity contribution < 1.29 is 13.2 Å². The molecule has 0 radical (unpaired) electrons. The number of methoxy groups -OCH3 is 1. The van der Waals surface area contributed by atoms with Crippen LogP contribution in [0.15, 0.2) is 0 Å². The maximum atomic E-state index is 11.1. The molecule has 4 heteroatoms. The Labute approximate surface area is 131 Å². The number of ether oxygens (including phenoxy) is 1. The van der Waals surface area contributed by atoms with Gasteiger partial charge in [0.05, 0.1) is 17.6 Å². The van der Waals surface area contributed by atoms with E-state index in [9.17, 15) is 8.42 Å². The summed E-state index contributed by atoms with van der Waals surface area (Å²) in [6.45, 7) is 13.3. The Kier molecular flexibility index (Phi) is 5.93. The van der Waals surface area contributed by atoms with Crippen LogP contribution in [0, 0.1) is 22.7 Å². The number of sulfone groups is 1. The van der Waals surface area contributed by atoms with Crippen molar-refractivity contribution in [2.75, 3.05) is 18.6 Å². The Balaban J connectivity index is 0.000000211. The molecular formula is C17H34O3S. The molecule has 1 unspecified atom stereocenters. The first-order chi connectivity index (χ1) is 9.35. The molecule has 0 bridgehead atoms. The van der Waals surface area contributed by atoms with Gasteiger partial charge in [0.15, 0.2) is 9.84 Å². The van der Waals surface area contributed by atoms with Crippen LogP contribution in [-0.2, 0) is 14.6 Å². The topological polar surface area (TPSA) is 43.4 Å². The van der Waals surface area contributed by atoms with Crippen molar-refractivity contribution in [1.82, 2.24) is 0 Å². The Morgan fingerprint density at radius 3 is 1.62 bits per heavy atom. The van der Waals surface area contributed by atoms with E-state index in [1.54, 1.807) is 0 Å². The lowest BCUT2D eigenvalue weighted by Gasteiger charge is -2.42. The van der Waals surface area contributed by atoms with Gasteiger partial charge in [-0.25, -0.2) is 8.42 Å². The third-order valence-electron chi connectivity index (χ3n) is 5.11. The zero-order valence-corrected chi connectivity index (χ0v) is 15.7. The fourth-order valence-corrected chi connectivity index (χ4v) is 5.03. The quantitative estimate of drug-likeness (QED) is 0.736. The molecule has 2 rings (SSSR count). The third-order valence-corrected chi connectivity index (χ3v) is 6.88. The zero-order valence-electron chi connectivity index (χ0n) is 14.9. The molecule has 1 atom stereocenters. The number of hydrogen-bond donors (Lipinski definition) is 0. The zero-order chi connectivity index (χ0) is 16.5. The molecule has 2 fully saturated rings. The van der Waals surface area contributed by atoms with Gasteiger partial charge in [0, 0.05) is 7.11 Å². The van der Waals surface area contributed by atoms with Crippen LogP contribution >= 0.6 is 0 Å². The van der Waals surface area contributed by atoms with Crippen molar-refractivity contribution in [3.05, 3.63) is 0 Å². The van der Waals surface area contributed by atoms with Gasteiger partial charge in [-0.2, -0.15) is 0 Å². The molecule has 1 saturated carbocycles. The lowest BCUT2D eigenvalue weighted by molar-refractivity contribution is -0.0382. The average molecular weight is 319 g/mol. The molecule has 0 amide bonds. The summed E-state index contributed by atoms with van der Waals surface area (Å²) in [6.07, 6.45) is 3.94. The molecule has 0 N–H and O–H groups in total. The summed E-state index contributed by atoms with van der Waals surface area (Å²) in [5.41, 5.74) is 0.651. The van der Waals surface area contributed by atoms with Crippen LogP contribution in [-0.4, -0.2) is 33.1 Å². The normalized spacial score (nSPS) is 32.0. The molecule has 0 aromatic heterocycles. The highest BCUT2D eigenvalue weighted by Gasteiger charge is 2.37. The molecule has 1 saturated heterocycles. The monoisotopic (exact) mass is 318 g/mol. The van der Waals surface area contributed by atoms with Gasteiger partial charge >= 0.3 is 0 Å². The first kappa shape index (κ1) is 19.0. The van der Waals surface area contributed by atoms with E-state index in [-0.39, 0.29) is 5.41 Å². The van der Waals surface area contributed by atoms with E-state index < -0.39 is 9.84 Å².